The lowest BCUT2D eigenvalue weighted by atomic mass is 9.88. The molecular formula is C20H24FNO5. The van der Waals surface area contributed by atoms with E-state index in [4.69, 9.17) is 9.47 Å². The second kappa shape index (κ2) is 6.62. The fourth-order valence-electron chi connectivity index (χ4n) is 3.84. The Hall–Kier alpha value is -2.44. The summed E-state index contributed by atoms with van der Waals surface area (Å²) in [5, 5.41) is 0. The number of carbonyl (C=O) groups excluding carboxylic acids is 3. The quantitative estimate of drug-likeness (QED) is 0.737. The van der Waals surface area contributed by atoms with E-state index in [1.165, 1.54) is 0 Å². The summed E-state index contributed by atoms with van der Waals surface area (Å²) in [6.45, 7) is 7.04. The van der Waals surface area contributed by atoms with Gasteiger partial charge in [0, 0.05) is 6.42 Å². The minimum Gasteiger partial charge on any atom is -0.460 e. The van der Waals surface area contributed by atoms with E-state index in [-0.39, 0.29) is 18.9 Å². The highest BCUT2D eigenvalue weighted by molar-refractivity contribution is 6.04. The largest absolute Gasteiger partial charge is 0.460 e. The molecule has 3 rings (SSSR count). The standard InChI is InChI=1S/C20H24FNO5/c1-12(2)15-19(3,4)27-18(25)22(15)17(24)20(21)10-14(20)16(23)26-11-13-8-6-5-7-9-13/h5-9,12,14-15H,10-11H2,1-4H3/t14?,15-,20?/m0/s1. The molecule has 1 aromatic rings. The molecule has 2 unspecified atom stereocenters. The van der Waals surface area contributed by atoms with Crippen molar-refractivity contribution >= 4 is 18.0 Å². The first kappa shape index (κ1) is 19.3. The Kier molecular flexibility index (Phi) is 4.74. The third-order valence-corrected chi connectivity index (χ3v) is 5.15. The van der Waals surface area contributed by atoms with Gasteiger partial charge in [0.25, 0.3) is 5.91 Å². The smallest absolute Gasteiger partial charge is 0.417 e. The van der Waals surface area contributed by atoms with E-state index in [1.807, 2.05) is 19.9 Å². The number of alkyl halides is 1. The van der Waals surface area contributed by atoms with E-state index in [0.29, 0.717) is 0 Å². The average molecular weight is 377 g/mol. The number of hydrogen-bond donors (Lipinski definition) is 0. The van der Waals surface area contributed by atoms with Crippen molar-refractivity contribution in [2.45, 2.75) is 58.0 Å². The Bertz CT molecular complexity index is 763. The summed E-state index contributed by atoms with van der Waals surface area (Å²) in [6, 6.07) is 8.39. The Labute approximate surface area is 157 Å². The molecule has 1 aromatic carbocycles. The summed E-state index contributed by atoms with van der Waals surface area (Å²) in [4.78, 5) is 38.0. The molecule has 7 heteroatoms. The van der Waals surface area contributed by atoms with Crippen LogP contribution in [0.2, 0.25) is 0 Å². The van der Waals surface area contributed by atoms with Crippen LogP contribution in [0.1, 0.15) is 39.7 Å². The third-order valence-electron chi connectivity index (χ3n) is 5.15. The number of nitrogens with zero attached hydrogens (tertiary/aromatic N) is 1. The van der Waals surface area contributed by atoms with Crippen molar-refractivity contribution in [2.75, 3.05) is 0 Å². The predicted molar refractivity (Wildman–Crippen MR) is 94.2 cm³/mol. The maximum atomic E-state index is 15.1. The van der Waals surface area contributed by atoms with Gasteiger partial charge in [0.15, 0.2) is 0 Å². The number of rotatable bonds is 5. The van der Waals surface area contributed by atoms with Crippen LogP contribution in [0.5, 0.6) is 0 Å². The van der Waals surface area contributed by atoms with Gasteiger partial charge in [0.2, 0.25) is 5.67 Å². The molecule has 3 atom stereocenters. The average Bonchev–Trinajstić information content (AvgIpc) is 3.22. The highest BCUT2D eigenvalue weighted by Gasteiger charge is 2.70. The van der Waals surface area contributed by atoms with Gasteiger partial charge >= 0.3 is 12.1 Å². The molecule has 2 aliphatic rings. The first-order valence-electron chi connectivity index (χ1n) is 9.04. The molecule has 0 aromatic heterocycles. The maximum absolute atomic E-state index is 15.1. The zero-order chi connectivity index (χ0) is 20.0. The summed E-state index contributed by atoms with van der Waals surface area (Å²) >= 11 is 0. The van der Waals surface area contributed by atoms with Crippen LogP contribution in [-0.2, 0) is 25.7 Å². The van der Waals surface area contributed by atoms with Crippen molar-refractivity contribution in [3.8, 4) is 0 Å². The number of carbonyl (C=O) groups is 3. The molecule has 1 saturated carbocycles. The summed E-state index contributed by atoms with van der Waals surface area (Å²) in [7, 11) is 0. The molecule has 0 bridgehead atoms. The topological polar surface area (TPSA) is 72.9 Å². The zero-order valence-corrected chi connectivity index (χ0v) is 15.9. The van der Waals surface area contributed by atoms with Crippen LogP contribution in [0.3, 0.4) is 0 Å². The first-order chi connectivity index (χ1) is 12.6. The Balaban J connectivity index is 1.68. The monoisotopic (exact) mass is 377 g/mol. The number of halogens is 1. The number of ether oxygens (including phenoxy) is 2. The van der Waals surface area contributed by atoms with Crippen LogP contribution < -0.4 is 0 Å². The van der Waals surface area contributed by atoms with Crippen molar-refractivity contribution in [1.82, 2.24) is 4.90 Å². The van der Waals surface area contributed by atoms with Gasteiger partial charge in [-0.15, -0.1) is 0 Å². The number of imide groups is 1. The molecule has 27 heavy (non-hydrogen) atoms. The first-order valence-corrected chi connectivity index (χ1v) is 9.04. The number of hydrogen-bond acceptors (Lipinski definition) is 5. The molecule has 1 aliphatic heterocycles. The van der Waals surface area contributed by atoms with Gasteiger partial charge in [-0.05, 0) is 25.3 Å². The van der Waals surface area contributed by atoms with Crippen molar-refractivity contribution < 1.29 is 28.2 Å². The molecule has 1 saturated heterocycles. The lowest BCUT2D eigenvalue weighted by Crippen LogP contribution is -2.51. The molecule has 0 radical (unpaired) electrons. The SMILES string of the molecule is CC(C)[C@@H]1N(C(=O)C2(F)CC2C(=O)OCc2ccccc2)C(=O)OC1(C)C. The van der Waals surface area contributed by atoms with E-state index in [1.54, 1.807) is 38.1 Å². The highest BCUT2D eigenvalue weighted by Crippen LogP contribution is 2.51. The van der Waals surface area contributed by atoms with Crippen LogP contribution in [-0.4, -0.2) is 40.2 Å². The van der Waals surface area contributed by atoms with Gasteiger partial charge in [-0.2, -0.15) is 0 Å². The minimum atomic E-state index is -2.42. The molecular weight excluding hydrogens is 353 g/mol. The molecule has 2 fully saturated rings. The Morgan fingerprint density at radius 3 is 2.52 bits per heavy atom. The van der Waals surface area contributed by atoms with E-state index >= 15 is 4.39 Å². The Morgan fingerprint density at radius 1 is 1.30 bits per heavy atom. The number of benzene rings is 1. The van der Waals surface area contributed by atoms with Gasteiger partial charge in [0.1, 0.15) is 18.1 Å². The molecule has 0 N–H and O–H groups in total. The van der Waals surface area contributed by atoms with Crippen molar-refractivity contribution in [2.24, 2.45) is 11.8 Å². The van der Waals surface area contributed by atoms with E-state index in [9.17, 15) is 14.4 Å². The van der Waals surface area contributed by atoms with Crippen molar-refractivity contribution in [3.63, 3.8) is 0 Å². The number of cyclic esters (lactones) is 1. The maximum Gasteiger partial charge on any atom is 0.417 e. The second-order valence-corrected chi connectivity index (χ2v) is 8.05. The lowest BCUT2D eigenvalue weighted by Gasteiger charge is -2.31. The molecule has 0 spiro atoms. The molecule has 146 valence electrons. The van der Waals surface area contributed by atoms with Gasteiger partial charge in [-0.3, -0.25) is 9.59 Å². The zero-order valence-electron chi connectivity index (χ0n) is 15.9. The van der Waals surface area contributed by atoms with Crippen LogP contribution in [0.4, 0.5) is 9.18 Å². The van der Waals surface area contributed by atoms with Crippen LogP contribution >= 0.6 is 0 Å². The normalized spacial score (nSPS) is 28.8. The van der Waals surface area contributed by atoms with E-state index in [2.05, 4.69) is 0 Å². The van der Waals surface area contributed by atoms with Crippen molar-refractivity contribution in [1.29, 1.82) is 0 Å². The van der Waals surface area contributed by atoms with Crippen LogP contribution in [0, 0.1) is 11.8 Å². The molecule has 1 aliphatic carbocycles. The molecule has 2 amide bonds. The van der Waals surface area contributed by atoms with Gasteiger partial charge < -0.3 is 9.47 Å². The van der Waals surface area contributed by atoms with Crippen molar-refractivity contribution in [3.05, 3.63) is 35.9 Å². The summed E-state index contributed by atoms with van der Waals surface area (Å²) in [6.07, 6.45) is -1.15. The van der Waals surface area contributed by atoms with Gasteiger partial charge in [0.05, 0.1) is 6.04 Å². The number of amides is 2. The second-order valence-electron chi connectivity index (χ2n) is 8.05. The lowest BCUT2D eigenvalue weighted by molar-refractivity contribution is -0.151. The van der Waals surface area contributed by atoms with Gasteiger partial charge in [-0.1, -0.05) is 44.2 Å². The predicted octanol–water partition coefficient (Wildman–Crippen LogP) is 3.24. The Morgan fingerprint density at radius 2 is 1.93 bits per heavy atom. The summed E-state index contributed by atoms with van der Waals surface area (Å²) < 4.78 is 25.5. The van der Waals surface area contributed by atoms with E-state index < -0.39 is 41.2 Å². The molecule has 6 nitrogen and oxygen atoms in total. The van der Waals surface area contributed by atoms with Gasteiger partial charge in [-0.25, -0.2) is 14.1 Å². The summed E-state index contributed by atoms with van der Waals surface area (Å²) in [5.41, 5.74) is -2.57. The third kappa shape index (κ3) is 3.42. The van der Waals surface area contributed by atoms with E-state index in [0.717, 1.165) is 10.5 Å². The highest BCUT2D eigenvalue weighted by atomic mass is 19.1. The fraction of sp³-hybridized carbons (Fsp3) is 0.550. The summed E-state index contributed by atoms with van der Waals surface area (Å²) in [5.74, 6) is -3.11. The number of esters is 1. The van der Waals surface area contributed by atoms with Crippen LogP contribution in [0.25, 0.3) is 0 Å². The molecule has 1 heterocycles. The fourth-order valence-corrected chi connectivity index (χ4v) is 3.84. The van der Waals surface area contributed by atoms with Crippen LogP contribution in [0.15, 0.2) is 30.3 Å². The minimum absolute atomic E-state index is 0.00779.